The van der Waals surface area contributed by atoms with E-state index in [2.05, 4.69) is 43.9 Å². The first-order valence-corrected chi connectivity index (χ1v) is 11.1. The van der Waals surface area contributed by atoms with E-state index in [0.717, 1.165) is 22.5 Å². The first-order chi connectivity index (χ1) is 10.5. The van der Waals surface area contributed by atoms with Crippen molar-refractivity contribution in [1.29, 1.82) is 0 Å². The van der Waals surface area contributed by atoms with Crippen LogP contribution in [0.15, 0.2) is 66.4 Å². The molecule has 22 heavy (non-hydrogen) atoms. The largest absolute Gasteiger partial charge is 0.429 e. The predicted molar refractivity (Wildman–Crippen MR) is 92.1 cm³/mol. The molecule has 2 aromatic rings. The van der Waals surface area contributed by atoms with E-state index in [-0.39, 0.29) is 11.5 Å². The number of carbonyl (C=O) groups is 1. The van der Waals surface area contributed by atoms with Crippen LogP contribution in [0.2, 0.25) is 25.2 Å². The van der Waals surface area contributed by atoms with Crippen LogP contribution in [0.25, 0.3) is 5.57 Å². The van der Waals surface area contributed by atoms with E-state index < -0.39 is 8.07 Å². The average Bonchev–Trinajstić information content (AvgIpc) is 2.47. The molecular weight excluding hydrogens is 288 g/mol. The average molecular weight is 308 g/mol. The van der Waals surface area contributed by atoms with Crippen molar-refractivity contribution in [2.45, 2.75) is 25.2 Å². The van der Waals surface area contributed by atoms with Crippen molar-refractivity contribution in [3.8, 4) is 0 Å². The molecule has 2 nitrogen and oxygen atoms in total. The highest BCUT2D eigenvalue weighted by atomic mass is 28.3. The van der Waals surface area contributed by atoms with Crippen LogP contribution in [0, 0.1) is 0 Å². The number of esters is 1. The first-order valence-electron chi connectivity index (χ1n) is 7.55. The molecule has 0 N–H and O–H groups in total. The molecule has 1 fully saturated rings. The van der Waals surface area contributed by atoms with Crippen LogP contribution < -0.4 is 0 Å². The summed E-state index contributed by atoms with van der Waals surface area (Å²) in [5.74, 6) is 0.778. The van der Waals surface area contributed by atoms with E-state index >= 15 is 0 Å². The minimum Gasteiger partial charge on any atom is -0.429 e. The fourth-order valence-corrected chi connectivity index (χ4v) is 4.63. The molecule has 1 atom stereocenters. The van der Waals surface area contributed by atoms with E-state index in [1.807, 2.05) is 36.4 Å². The molecule has 0 bridgehead atoms. The Morgan fingerprint density at radius 1 is 0.864 bits per heavy atom. The maximum atomic E-state index is 12.0. The lowest BCUT2D eigenvalue weighted by Gasteiger charge is -2.38. The summed E-state index contributed by atoms with van der Waals surface area (Å²) in [5.41, 5.74) is 3.19. The number of benzene rings is 2. The summed E-state index contributed by atoms with van der Waals surface area (Å²) in [6.45, 7) is 6.64. The number of rotatable bonds is 3. The van der Waals surface area contributed by atoms with E-state index in [1.165, 1.54) is 0 Å². The second kappa shape index (κ2) is 5.58. The molecule has 1 aliphatic rings. The second-order valence-electron chi connectivity index (χ2n) is 6.69. The quantitative estimate of drug-likeness (QED) is 0.606. The van der Waals surface area contributed by atoms with Gasteiger partial charge >= 0.3 is 5.97 Å². The van der Waals surface area contributed by atoms with Crippen LogP contribution >= 0.6 is 0 Å². The summed E-state index contributed by atoms with van der Waals surface area (Å²) in [6, 6.07) is 20.4. The normalized spacial score (nSPS) is 17.7. The van der Waals surface area contributed by atoms with Crippen molar-refractivity contribution in [3.63, 3.8) is 0 Å². The first kappa shape index (κ1) is 14.8. The van der Waals surface area contributed by atoms with Gasteiger partial charge in [0.25, 0.3) is 0 Å². The molecular formula is C19H20O2Si. The third-order valence-electron chi connectivity index (χ3n) is 3.95. The van der Waals surface area contributed by atoms with Gasteiger partial charge in [0.1, 0.15) is 11.3 Å². The predicted octanol–water partition coefficient (Wildman–Crippen LogP) is 4.71. The topological polar surface area (TPSA) is 26.3 Å². The van der Waals surface area contributed by atoms with Gasteiger partial charge < -0.3 is 4.74 Å². The summed E-state index contributed by atoms with van der Waals surface area (Å²) in [7, 11) is -1.66. The fourth-order valence-electron chi connectivity index (χ4n) is 2.88. The van der Waals surface area contributed by atoms with E-state index in [9.17, 15) is 4.79 Å². The minimum atomic E-state index is -1.66. The highest BCUT2D eigenvalue weighted by molar-refractivity contribution is 6.81. The minimum absolute atomic E-state index is 0.0529. The van der Waals surface area contributed by atoms with Crippen LogP contribution in [0.5, 0.6) is 0 Å². The number of hydrogen-bond acceptors (Lipinski definition) is 2. The van der Waals surface area contributed by atoms with Gasteiger partial charge in [-0.2, -0.15) is 0 Å². The summed E-state index contributed by atoms with van der Waals surface area (Å²) in [6.07, 6.45) is 0. The highest BCUT2D eigenvalue weighted by Crippen LogP contribution is 2.46. The van der Waals surface area contributed by atoms with Crippen LogP contribution in [-0.2, 0) is 9.53 Å². The molecule has 0 saturated carbocycles. The van der Waals surface area contributed by atoms with Crippen molar-refractivity contribution in [3.05, 3.63) is 77.5 Å². The van der Waals surface area contributed by atoms with Gasteiger partial charge in [-0.3, -0.25) is 4.79 Å². The summed E-state index contributed by atoms with van der Waals surface area (Å²) in [4.78, 5) is 12.0. The monoisotopic (exact) mass is 308 g/mol. The second-order valence-corrected chi connectivity index (χ2v) is 12.0. The maximum absolute atomic E-state index is 12.0. The Hall–Kier alpha value is -2.13. The van der Waals surface area contributed by atoms with Crippen molar-refractivity contribution >= 4 is 19.6 Å². The van der Waals surface area contributed by atoms with Crippen molar-refractivity contribution < 1.29 is 9.53 Å². The maximum Gasteiger partial charge on any atom is 0.318 e. The van der Waals surface area contributed by atoms with Crippen molar-refractivity contribution in [2.75, 3.05) is 0 Å². The van der Waals surface area contributed by atoms with Gasteiger partial charge in [-0.05, 0) is 11.1 Å². The molecule has 0 aromatic heterocycles. The van der Waals surface area contributed by atoms with Gasteiger partial charge in [0, 0.05) is 5.57 Å². The Labute approximate surface area is 132 Å². The molecule has 1 aliphatic heterocycles. The summed E-state index contributed by atoms with van der Waals surface area (Å²) >= 11 is 0. The molecule has 0 spiro atoms. The molecule has 3 heteroatoms. The Morgan fingerprint density at radius 3 is 1.68 bits per heavy atom. The third kappa shape index (κ3) is 2.64. The molecule has 1 heterocycles. The molecule has 1 unspecified atom stereocenters. The van der Waals surface area contributed by atoms with Gasteiger partial charge in [0.15, 0.2) is 0 Å². The van der Waals surface area contributed by atoms with Crippen LogP contribution in [0.4, 0.5) is 0 Å². The number of ether oxygens (including phenoxy) is 1. The molecule has 0 aliphatic carbocycles. The van der Waals surface area contributed by atoms with Gasteiger partial charge in [0.2, 0.25) is 0 Å². The smallest absolute Gasteiger partial charge is 0.318 e. The Kier molecular flexibility index (Phi) is 3.75. The molecule has 3 rings (SSSR count). The Morgan fingerprint density at radius 2 is 1.32 bits per heavy atom. The van der Waals surface area contributed by atoms with Crippen LogP contribution in [0.3, 0.4) is 0 Å². The third-order valence-corrected chi connectivity index (χ3v) is 6.18. The van der Waals surface area contributed by atoms with Crippen molar-refractivity contribution in [1.82, 2.24) is 0 Å². The number of carbonyl (C=O) groups excluding carboxylic acids is 1. The number of cyclic esters (lactones) is 1. The lowest BCUT2D eigenvalue weighted by Crippen LogP contribution is -2.44. The molecule has 0 amide bonds. The van der Waals surface area contributed by atoms with Crippen LogP contribution in [-0.4, -0.2) is 14.0 Å². The number of hydrogen-bond donors (Lipinski definition) is 0. The zero-order chi connectivity index (χ0) is 15.7. The molecule has 0 radical (unpaired) electrons. The van der Waals surface area contributed by atoms with E-state index in [4.69, 9.17) is 4.74 Å². The van der Waals surface area contributed by atoms with Crippen molar-refractivity contribution in [2.24, 2.45) is 0 Å². The zero-order valence-corrected chi connectivity index (χ0v) is 14.2. The van der Waals surface area contributed by atoms with Gasteiger partial charge in [-0.25, -0.2) is 0 Å². The van der Waals surface area contributed by atoms with Gasteiger partial charge in [-0.1, -0.05) is 80.3 Å². The Balaban J connectivity index is 2.19. The summed E-state index contributed by atoms with van der Waals surface area (Å²) in [5, 5.41) is 0. The van der Waals surface area contributed by atoms with Gasteiger partial charge in [-0.15, -0.1) is 0 Å². The Bertz CT molecular complexity index is 671. The molecule has 1 saturated heterocycles. The lowest BCUT2D eigenvalue weighted by molar-refractivity contribution is -0.148. The van der Waals surface area contributed by atoms with Gasteiger partial charge in [0.05, 0.1) is 8.07 Å². The SMILES string of the molecule is C[Si](C)(C)C1C(=O)OC1=C(c1ccccc1)c1ccccc1. The summed E-state index contributed by atoms with van der Waals surface area (Å²) < 4.78 is 5.52. The zero-order valence-electron chi connectivity index (χ0n) is 13.2. The highest BCUT2D eigenvalue weighted by Gasteiger charge is 2.48. The fraction of sp³-hybridized carbons (Fsp3) is 0.211. The van der Waals surface area contributed by atoms with E-state index in [1.54, 1.807) is 0 Å². The molecule has 112 valence electrons. The van der Waals surface area contributed by atoms with Crippen LogP contribution in [0.1, 0.15) is 11.1 Å². The molecule has 2 aromatic carbocycles. The van der Waals surface area contributed by atoms with E-state index in [0.29, 0.717) is 0 Å². The standard InChI is InChI=1S/C19H20O2Si/c1-22(2,3)18-17(21-19(18)20)16(14-10-6-4-7-11-14)15-12-8-5-9-13-15/h4-13,18H,1-3H3. The lowest BCUT2D eigenvalue weighted by atomic mass is 9.94.